The van der Waals surface area contributed by atoms with Gasteiger partial charge in [0, 0.05) is 12.6 Å². The number of rotatable bonds is 5. The first-order chi connectivity index (χ1) is 15.6. The summed E-state index contributed by atoms with van der Waals surface area (Å²) in [6, 6.07) is 6.04. The van der Waals surface area contributed by atoms with Crippen molar-refractivity contribution in [1.82, 2.24) is 14.5 Å². The van der Waals surface area contributed by atoms with Crippen LogP contribution in [-0.2, 0) is 7.05 Å². The average Bonchev–Trinajstić information content (AvgIpc) is 3.09. The van der Waals surface area contributed by atoms with Crippen LogP contribution in [0.15, 0.2) is 29.1 Å². The van der Waals surface area contributed by atoms with Crippen LogP contribution in [-0.4, -0.2) is 51.0 Å². The molecule has 0 amide bonds. The molecule has 2 N–H and O–H groups in total. The van der Waals surface area contributed by atoms with E-state index in [1.54, 1.807) is 13.0 Å². The number of carbonyl (C=O) groups is 1. The second kappa shape index (κ2) is 8.58. The summed E-state index contributed by atoms with van der Waals surface area (Å²) >= 11 is 5.84. The molecule has 0 saturated carbocycles. The van der Waals surface area contributed by atoms with Gasteiger partial charge in [0.2, 0.25) is 5.95 Å². The third-order valence-electron chi connectivity index (χ3n) is 5.70. The maximum absolute atomic E-state index is 13.8. The predicted molar refractivity (Wildman–Crippen MR) is 122 cm³/mol. The van der Waals surface area contributed by atoms with Crippen LogP contribution in [0.2, 0.25) is 5.15 Å². The average molecular weight is 478 g/mol. The second-order valence-electron chi connectivity index (χ2n) is 8.16. The van der Waals surface area contributed by atoms with Gasteiger partial charge < -0.3 is 15.3 Å². The van der Waals surface area contributed by atoms with Crippen LogP contribution < -0.4 is 15.8 Å². The number of anilines is 2. The van der Waals surface area contributed by atoms with Gasteiger partial charge in [0.15, 0.2) is 18.0 Å². The summed E-state index contributed by atoms with van der Waals surface area (Å²) in [4.78, 5) is 34.6. The standard InChI is InChI=1S/C22H22ClF2N5O3/c1-10-6-12(11(2)26-16-4-5-17(23)27-19(16)21(32)33)18-13(7-10)20(31)29(3)22(28-18)30-8-14(24)15(25)9-30/h4-7,11,14-15,26H,8-9H2,1-3H3,(H,32,33)/t11-,14-,15+/m0/s1. The molecule has 3 heterocycles. The van der Waals surface area contributed by atoms with Crippen LogP contribution in [0.4, 0.5) is 20.4 Å². The monoisotopic (exact) mass is 477 g/mol. The highest BCUT2D eigenvalue weighted by molar-refractivity contribution is 6.29. The van der Waals surface area contributed by atoms with Gasteiger partial charge >= 0.3 is 5.97 Å². The highest BCUT2D eigenvalue weighted by Gasteiger charge is 2.35. The molecule has 0 aliphatic carbocycles. The highest BCUT2D eigenvalue weighted by atomic mass is 35.5. The van der Waals surface area contributed by atoms with Gasteiger partial charge in [-0.15, -0.1) is 0 Å². The lowest BCUT2D eigenvalue weighted by Crippen LogP contribution is -2.31. The number of hydrogen-bond acceptors (Lipinski definition) is 6. The van der Waals surface area contributed by atoms with Crippen LogP contribution in [0.5, 0.6) is 0 Å². The summed E-state index contributed by atoms with van der Waals surface area (Å²) in [5.41, 5.74) is 1.47. The number of halogens is 3. The van der Waals surface area contributed by atoms with Crippen molar-refractivity contribution in [2.45, 2.75) is 32.2 Å². The maximum atomic E-state index is 13.8. The molecule has 2 aromatic heterocycles. The first kappa shape index (κ1) is 22.9. The molecule has 0 bridgehead atoms. The zero-order chi connectivity index (χ0) is 24.0. The van der Waals surface area contributed by atoms with Crippen molar-refractivity contribution >= 4 is 40.1 Å². The quantitative estimate of drug-likeness (QED) is 0.541. The first-order valence-corrected chi connectivity index (χ1v) is 10.7. The zero-order valence-corrected chi connectivity index (χ0v) is 18.9. The predicted octanol–water partition coefficient (Wildman–Crippen LogP) is 3.66. The SMILES string of the molecule is Cc1cc([C@H](C)Nc2ccc(Cl)nc2C(=O)O)c2nc(N3C[C@@H](F)[C@@H](F)C3)n(C)c(=O)c2c1. The number of fused-ring (bicyclic) bond motifs is 1. The van der Waals surface area contributed by atoms with E-state index in [2.05, 4.69) is 15.3 Å². The summed E-state index contributed by atoms with van der Waals surface area (Å²) in [6.45, 7) is 3.23. The van der Waals surface area contributed by atoms with Crippen molar-refractivity contribution in [2.24, 2.45) is 7.05 Å². The summed E-state index contributed by atoms with van der Waals surface area (Å²) < 4.78 is 28.9. The van der Waals surface area contributed by atoms with Gasteiger partial charge in [-0.1, -0.05) is 17.7 Å². The van der Waals surface area contributed by atoms with E-state index in [0.717, 1.165) is 5.56 Å². The number of benzene rings is 1. The Bertz CT molecular complexity index is 1310. The fraction of sp³-hybridized carbons (Fsp3) is 0.364. The second-order valence-corrected chi connectivity index (χ2v) is 8.55. The molecule has 0 spiro atoms. The largest absolute Gasteiger partial charge is 0.476 e. The molecular formula is C22H22ClF2N5O3. The Balaban J connectivity index is 1.82. The third kappa shape index (κ3) is 4.22. The smallest absolute Gasteiger partial charge is 0.356 e. The fourth-order valence-electron chi connectivity index (χ4n) is 4.07. The summed E-state index contributed by atoms with van der Waals surface area (Å²) in [7, 11) is 1.52. The molecule has 1 aromatic carbocycles. The Morgan fingerprint density at radius 3 is 2.55 bits per heavy atom. The number of hydrogen-bond donors (Lipinski definition) is 2. The number of nitrogens with zero attached hydrogens (tertiary/aromatic N) is 4. The summed E-state index contributed by atoms with van der Waals surface area (Å²) in [5, 5.41) is 13.0. The van der Waals surface area contributed by atoms with Crippen molar-refractivity contribution in [1.29, 1.82) is 0 Å². The molecular weight excluding hydrogens is 456 g/mol. The van der Waals surface area contributed by atoms with Gasteiger partial charge in [-0.2, -0.15) is 0 Å². The maximum Gasteiger partial charge on any atom is 0.356 e. The van der Waals surface area contributed by atoms with Gasteiger partial charge in [-0.3, -0.25) is 9.36 Å². The molecule has 0 radical (unpaired) electrons. The van der Waals surface area contributed by atoms with Crippen LogP contribution in [0.3, 0.4) is 0 Å². The van der Waals surface area contributed by atoms with Crippen LogP contribution in [0.25, 0.3) is 10.9 Å². The van der Waals surface area contributed by atoms with Gasteiger partial charge in [-0.25, -0.2) is 23.5 Å². The molecule has 1 aliphatic heterocycles. The van der Waals surface area contributed by atoms with Gasteiger partial charge in [-0.05, 0) is 37.6 Å². The van der Waals surface area contributed by atoms with Crippen LogP contribution in [0, 0.1) is 6.92 Å². The first-order valence-electron chi connectivity index (χ1n) is 10.3. The third-order valence-corrected chi connectivity index (χ3v) is 5.91. The molecule has 1 saturated heterocycles. The molecule has 11 heteroatoms. The molecule has 3 aromatic rings. The minimum atomic E-state index is -1.65. The van der Waals surface area contributed by atoms with Crippen molar-refractivity contribution in [3.05, 3.63) is 56.6 Å². The lowest BCUT2D eigenvalue weighted by atomic mass is 10.0. The zero-order valence-electron chi connectivity index (χ0n) is 18.1. The molecule has 1 aliphatic rings. The Kier molecular flexibility index (Phi) is 5.96. The normalized spacial score (nSPS) is 19.2. The van der Waals surface area contributed by atoms with Gasteiger partial charge in [0.05, 0.1) is 35.7 Å². The summed E-state index contributed by atoms with van der Waals surface area (Å²) in [5.74, 6) is -1.07. The van der Waals surface area contributed by atoms with Gasteiger partial charge in [0.25, 0.3) is 5.56 Å². The molecule has 4 rings (SSSR count). The number of aromatic carboxylic acids is 1. The number of alkyl halides is 2. The van der Waals surface area contributed by atoms with Crippen molar-refractivity contribution in [3.8, 4) is 0 Å². The van der Waals surface area contributed by atoms with E-state index in [0.29, 0.717) is 16.5 Å². The molecule has 8 nitrogen and oxygen atoms in total. The number of carboxylic acids is 1. The van der Waals surface area contributed by atoms with Crippen molar-refractivity contribution < 1.29 is 18.7 Å². The van der Waals surface area contributed by atoms with E-state index in [-0.39, 0.29) is 41.1 Å². The Labute approximate surface area is 192 Å². The fourth-order valence-corrected chi connectivity index (χ4v) is 4.22. The minimum absolute atomic E-state index is 0.0457. The van der Waals surface area contributed by atoms with Gasteiger partial charge in [0.1, 0.15) is 5.15 Å². The Morgan fingerprint density at radius 2 is 1.91 bits per heavy atom. The molecule has 0 unspecified atom stereocenters. The van der Waals surface area contributed by atoms with E-state index in [1.807, 2.05) is 13.0 Å². The number of pyridine rings is 1. The van der Waals surface area contributed by atoms with E-state index < -0.39 is 24.4 Å². The molecule has 1 fully saturated rings. The van der Waals surface area contributed by atoms with E-state index in [1.165, 1.54) is 28.6 Å². The van der Waals surface area contributed by atoms with E-state index >= 15 is 0 Å². The Hall–Kier alpha value is -3.27. The number of aryl methyl sites for hydroxylation is 1. The van der Waals surface area contributed by atoms with E-state index in [4.69, 9.17) is 11.6 Å². The minimum Gasteiger partial charge on any atom is -0.476 e. The molecule has 33 heavy (non-hydrogen) atoms. The van der Waals surface area contributed by atoms with E-state index in [9.17, 15) is 23.5 Å². The number of aromatic nitrogens is 3. The molecule has 3 atom stereocenters. The topological polar surface area (TPSA) is 100 Å². The summed E-state index contributed by atoms with van der Waals surface area (Å²) in [6.07, 6.45) is -3.30. The lowest BCUT2D eigenvalue weighted by molar-refractivity contribution is 0.0691. The van der Waals surface area contributed by atoms with Crippen molar-refractivity contribution in [3.63, 3.8) is 0 Å². The van der Waals surface area contributed by atoms with Crippen molar-refractivity contribution in [2.75, 3.05) is 23.3 Å². The van der Waals surface area contributed by atoms with Crippen LogP contribution >= 0.6 is 11.6 Å². The van der Waals surface area contributed by atoms with Crippen LogP contribution in [0.1, 0.15) is 34.6 Å². The number of nitrogens with one attached hydrogen (secondary N) is 1. The molecule has 174 valence electrons. The highest BCUT2D eigenvalue weighted by Crippen LogP contribution is 2.30. The Morgan fingerprint density at radius 1 is 1.24 bits per heavy atom. The number of carboxylic acid groups (broad SMARTS) is 1. The lowest BCUT2D eigenvalue weighted by Gasteiger charge is -2.22.